The highest BCUT2D eigenvalue weighted by atomic mass is 16.5. The Labute approximate surface area is 341 Å². The quantitative estimate of drug-likeness (QED) is 0.0325. The van der Waals surface area contributed by atoms with Crippen LogP contribution in [0.4, 0.5) is 0 Å². The largest absolute Gasteiger partial charge is 0.466 e. The molecule has 1 amide bonds. The minimum Gasteiger partial charge on any atom is -0.466 e. The van der Waals surface area contributed by atoms with Gasteiger partial charge in [0.1, 0.15) is 0 Å². The van der Waals surface area contributed by atoms with Crippen molar-refractivity contribution in [2.75, 3.05) is 13.2 Å². The van der Waals surface area contributed by atoms with Crippen LogP contribution in [0.1, 0.15) is 251 Å². The highest BCUT2D eigenvalue weighted by Gasteiger charge is 2.18. The zero-order chi connectivity index (χ0) is 40.1. The van der Waals surface area contributed by atoms with E-state index in [0.29, 0.717) is 19.4 Å². The van der Waals surface area contributed by atoms with Gasteiger partial charge in [-0.15, -0.1) is 0 Å². The lowest BCUT2D eigenvalue weighted by atomic mass is 10.0. The number of aliphatic hydroxyl groups excluding tert-OH is 2. The number of unbranched alkanes of at least 4 members (excludes halogenated alkanes) is 31. The van der Waals surface area contributed by atoms with E-state index in [4.69, 9.17) is 4.74 Å². The second kappa shape index (κ2) is 45.0. The van der Waals surface area contributed by atoms with Crippen LogP contribution in [0.15, 0.2) is 24.3 Å². The third-order valence-corrected chi connectivity index (χ3v) is 11.0. The lowest BCUT2D eigenvalue weighted by Gasteiger charge is -2.20. The standard InChI is InChI=1S/C49H93NO5/c1-3-5-7-9-11-13-14-23-27-31-35-39-43-49(54)55-44-40-36-32-28-24-21-19-17-15-16-18-20-22-26-30-34-38-42-48(53)50-46(45-51)47(52)41-37-33-29-25-12-10-8-6-4-2/h15,17,37,41,46-47,51-52H,3-14,16,18-36,38-40,42-45H2,1-2H3,(H,50,53)/b17-15-,41-37+. The zero-order valence-corrected chi connectivity index (χ0v) is 36.7. The van der Waals surface area contributed by atoms with Gasteiger partial charge in [-0.25, -0.2) is 0 Å². The summed E-state index contributed by atoms with van der Waals surface area (Å²) in [4.78, 5) is 24.3. The van der Waals surface area contributed by atoms with E-state index in [0.717, 1.165) is 57.8 Å². The number of hydrogen-bond donors (Lipinski definition) is 3. The minimum atomic E-state index is -0.849. The third-order valence-electron chi connectivity index (χ3n) is 11.0. The summed E-state index contributed by atoms with van der Waals surface area (Å²) in [5.74, 6) is -0.0863. The highest BCUT2D eigenvalue weighted by Crippen LogP contribution is 2.15. The average Bonchev–Trinajstić information content (AvgIpc) is 3.18. The summed E-state index contributed by atoms with van der Waals surface area (Å²) in [5, 5.41) is 22.9. The van der Waals surface area contributed by atoms with Gasteiger partial charge in [0, 0.05) is 12.8 Å². The van der Waals surface area contributed by atoms with E-state index in [-0.39, 0.29) is 18.5 Å². The van der Waals surface area contributed by atoms with E-state index in [9.17, 15) is 19.8 Å². The van der Waals surface area contributed by atoms with Crippen molar-refractivity contribution in [3.8, 4) is 0 Å². The number of carbonyl (C=O) groups is 2. The summed E-state index contributed by atoms with van der Waals surface area (Å²) in [7, 11) is 0. The van der Waals surface area contributed by atoms with Crippen LogP contribution in [0, 0.1) is 0 Å². The first-order valence-corrected chi connectivity index (χ1v) is 24.1. The summed E-state index contributed by atoms with van der Waals surface area (Å²) in [5.41, 5.74) is 0. The molecule has 0 rings (SSSR count). The topological polar surface area (TPSA) is 95.9 Å². The van der Waals surface area contributed by atoms with Crippen LogP contribution in [0.3, 0.4) is 0 Å². The van der Waals surface area contributed by atoms with E-state index in [1.54, 1.807) is 6.08 Å². The highest BCUT2D eigenvalue weighted by molar-refractivity contribution is 5.76. The maximum absolute atomic E-state index is 12.3. The van der Waals surface area contributed by atoms with E-state index in [1.807, 2.05) is 6.08 Å². The monoisotopic (exact) mass is 776 g/mol. The molecule has 55 heavy (non-hydrogen) atoms. The molecule has 324 valence electrons. The van der Waals surface area contributed by atoms with Crippen molar-refractivity contribution >= 4 is 11.9 Å². The van der Waals surface area contributed by atoms with Gasteiger partial charge in [0.25, 0.3) is 0 Å². The number of aliphatic hydroxyl groups is 2. The lowest BCUT2D eigenvalue weighted by molar-refractivity contribution is -0.143. The number of allylic oxidation sites excluding steroid dienone is 3. The number of esters is 1. The van der Waals surface area contributed by atoms with Crippen LogP contribution in [0.2, 0.25) is 0 Å². The molecule has 2 unspecified atom stereocenters. The maximum Gasteiger partial charge on any atom is 0.305 e. The fraction of sp³-hybridized carbons (Fsp3) is 0.878. The zero-order valence-electron chi connectivity index (χ0n) is 36.7. The Kier molecular flexibility index (Phi) is 43.7. The Morgan fingerprint density at radius 2 is 0.855 bits per heavy atom. The first kappa shape index (κ1) is 53.3. The van der Waals surface area contributed by atoms with Crippen LogP contribution in [0.25, 0.3) is 0 Å². The van der Waals surface area contributed by atoms with E-state index in [2.05, 4.69) is 31.3 Å². The second-order valence-electron chi connectivity index (χ2n) is 16.4. The van der Waals surface area contributed by atoms with Crippen LogP contribution in [-0.2, 0) is 14.3 Å². The van der Waals surface area contributed by atoms with Gasteiger partial charge in [-0.05, 0) is 57.8 Å². The SMILES string of the molecule is CCCCCCCCC/C=C/C(O)C(CO)NC(=O)CCCCCCCCC/C=C\CCCCCCCCOC(=O)CCCCCCCCCCCCCC. The van der Waals surface area contributed by atoms with Gasteiger partial charge in [0.05, 0.1) is 25.4 Å². The first-order valence-electron chi connectivity index (χ1n) is 24.1. The molecule has 0 aliphatic heterocycles. The van der Waals surface area contributed by atoms with Gasteiger partial charge >= 0.3 is 5.97 Å². The maximum atomic E-state index is 12.3. The normalized spacial score (nSPS) is 12.9. The Balaban J connectivity index is 3.46. The van der Waals surface area contributed by atoms with Gasteiger partial charge in [-0.2, -0.15) is 0 Å². The van der Waals surface area contributed by atoms with Crippen LogP contribution in [0.5, 0.6) is 0 Å². The molecular weight excluding hydrogens is 683 g/mol. The fourth-order valence-corrected chi connectivity index (χ4v) is 7.21. The molecule has 0 fully saturated rings. The van der Waals surface area contributed by atoms with Crippen molar-refractivity contribution in [3.05, 3.63) is 24.3 Å². The number of carbonyl (C=O) groups excluding carboxylic acids is 2. The number of rotatable bonds is 44. The summed E-state index contributed by atoms with van der Waals surface area (Å²) in [6.07, 6.45) is 51.8. The molecule has 0 saturated heterocycles. The molecule has 0 bridgehead atoms. The fourth-order valence-electron chi connectivity index (χ4n) is 7.21. The molecule has 0 aromatic carbocycles. The van der Waals surface area contributed by atoms with Crippen molar-refractivity contribution in [2.24, 2.45) is 0 Å². The summed E-state index contributed by atoms with van der Waals surface area (Å²) >= 11 is 0. The molecule has 2 atom stereocenters. The molecule has 6 heteroatoms. The van der Waals surface area contributed by atoms with Gasteiger partial charge in [0.15, 0.2) is 0 Å². The molecule has 0 radical (unpaired) electrons. The van der Waals surface area contributed by atoms with Gasteiger partial charge < -0.3 is 20.3 Å². The number of hydrogen-bond acceptors (Lipinski definition) is 5. The van der Waals surface area contributed by atoms with Crippen molar-refractivity contribution in [3.63, 3.8) is 0 Å². The lowest BCUT2D eigenvalue weighted by Crippen LogP contribution is -2.45. The molecule has 6 nitrogen and oxygen atoms in total. The molecule has 0 spiro atoms. The molecule has 0 heterocycles. The van der Waals surface area contributed by atoms with Crippen LogP contribution < -0.4 is 5.32 Å². The Morgan fingerprint density at radius 3 is 1.29 bits per heavy atom. The molecule has 0 aromatic heterocycles. The van der Waals surface area contributed by atoms with E-state index in [1.165, 1.54) is 167 Å². The average molecular weight is 776 g/mol. The summed E-state index contributed by atoms with van der Waals surface area (Å²) < 4.78 is 5.45. The number of amides is 1. The predicted octanol–water partition coefficient (Wildman–Crippen LogP) is 14.0. The van der Waals surface area contributed by atoms with Crippen LogP contribution >= 0.6 is 0 Å². The van der Waals surface area contributed by atoms with Crippen molar-refractivity contribution in [1.82, 2.24) is 5.32 Å². The van der Waals surface area contributed by atoms with Crippen LogP contribution in [-0.4, -0.2) is 47.4 Å². The number of ether oxygens (including phenoxy) is 1. The van der Waals surface area contributed by atoms with Crippen molar-refractivity contribution in [2.45, 2.75) is 264 Å². The minimum absolute atomic E-state index is 0.00296. The predicted molar refractivity (Wildman–Crippen MR) is 236 cm³/mol. The third kappa shape index (κ3) is 41.8. The Bertz CT molecular complexity index is 858. The smallest absolute Gasteiger partial charge is 0.305 e. The van der Waals surface area contributed by atoms with Gasteiger partial charge in [-0.3, -0.25) is 9.59 Å². The van der Waals surface area contributed by atoms with Gasteiger partial charge in [-0.1, -0.05) is 205 Å². The molecule has 0 aliphatic carbocycles. The van der Waals surface area contributed by atoms with E-state index < -0.39 is 12.1 Å². The van der Waals surface area contributed by atoms with E-state index >= 15 is 0 Å². The molecular formula is C49H93NO5. The number of nitrogens with one attached hydrogen (secondary N) is 1. The molecule has 0 aromatic rings. The molecule has 3 N–H and O–H groups in total. The summed E-state index contributed by atoms with van der Waals surface area (Å²) in [6, 6.07) is -0.633. The first-order chi connectivity index (χ1) is 27.0. The summed E-state index contributed by atoms with van der Waals surface area (Å²) in [6.45, 7) is 4.84. The van der Waals surface area contributed by atoms with Gasteiger partial charge in [0.2, 0.25) is 5.91 Å². The Hall–Kier alpha value is -1.66. The van der Waals surface area contributed by atoms with Crippen molar-refractivity contribution in [1.29, 1.82) is 0 Å². The van der Waals surface area contributed by atoms with Crippen molar-refractivity contribution < 1.29 is 24.5 Å². The Morgan fingerprint density at radius 1 is 0.491 bits per heavy atom. The molecule has 0 saturated carbocycles. The molecule has 0 aliphatic rings. The second-order valence-corrected chi connectivity index (χ2v) is 16.4.